The van der Waals surface area contributed by atoms with Crippen LogP contribution in [0.3, 0.4) is 0 Å². The second-order valence-corrected chi connectivity index (χ2v) is 10.1. The van der Waals surface area contributed by atoms with Crippen LogP contribution in [0, 0.1) is 11.8 Å². The molecule has 0 aromatic heterocycles. The summed E-state index contributed by atoms with van der Waals surface area (Å²) in [6.45, 7) is 9.80. The Hall–Kier alpha value is -1.25. The van der Waals surface area contributed by atoms with E-state index >= 15 is 0 Å². The van der Waals surface area contributed by atoms with Gasteiger partial charge >= 0.3 is 11.9 Å². The molecular weight excluding hydrogens is 403 g/mol. The molecule has 3 fully saturated rings. The molecule has 3 rings (SSSR count). The summed E-state index contributed by atoms with van der Waals surface area (Å²) in [5.74, 6) is -2.06. The second-order valence-electron chi connectivity index (χ2n) is 10.1. The molecule has 178 valence electrons. The van der Waals surface area contributed by atoms with Gasteiger partial charge in [-0.2, -0.15) is 0 Å². The highest BCUT2D eigenvalue weighted by molar-refractivity contribution is 5.79. The molecule has 3 aliphatic rings. The third-order valence-electron chi connectivity index (χ3n) is 6.43. The van der Waals surface area contributed by atoms with Crippen LogP contribution < -0.4 is 0 Å². The molecule has 1 atom stereocenters. The van der Waals surface area contributed by atoms with Gasteiger partial charge in [-0.25, -0.2) is 4.79 Å². The number of rotatable bonds is 8. The Kier molecular flexibility index (Phi) is 7.97. The summed E-state index contributed by atoms with van der Waals surface area (Å²) >= 11 is 0. The third-order valence-corrected chi connectivity index (χ3v) is 6.43. The van der Waals surface area contributed by atoms with Crippen molar-refractivity contribution >= 4 is 11.9 Å². The zero-order chi connectivity index (χ0) is 22.6. The summed E-state index contributed by atoms with van der Waals surface area (Å²) in [5, 5.41) is 0. The van der Waals surface area contributed by atoms with Gasteiger partial charge in [-0.1, -0.05) is 0 Å². The number of carbonyl (C=O) groups is 2. The molecule has 1 saturated carbocycles. The standard InChI is InChI=1S/C23H39FN2O5/c1-5-29-20(27)18-8-10-19(11-9-18)30-23(25-12-6-7-13-25,21(28)31-22(2,3)4)26-15-17(14-24)16-26/h17-19H,5-16H2,1-4H3/t18-,19-,23?. The van der Waals surface area contributed by atoms with Crippen molar-refractivity contribution in [1.29, 1.82) is 0 Å². The maximum absolute atomic E-state index is 13.6. The topological polar surface area (TPSA) is 68.3 Å². The van der Waals surface area contributed by atoms with E-state index in [1.807, 2.05) is 32.6 Å². The number of carbonyl (C=O) groups excluding carboxylic acids is 2. The first-order valence-electron chi connectivity index (χ1n) is 11.8. The van der Waals surface area contributed by atoms with Crippen molar-refractivity contribution in [2.75, 3.05) is 39.5 Å². The van der Waals surface area contributed by atoms with Gasteiger partial charge in [-0.05, 0) is 66.2 Å². The highest BCUT2D eigenvalue weighted by atomic mass is 19.1. The van der Waals surface area contributed by atoms with Crippen molar-refractivity contribution in [3.63, 3.8) is 0 Å². The molecule has 0 bridgehead atoms. The Morgan fingerprint density at radius 3 is 2.13 bits per heavy atom. The normalized spacial score (nSPS) is 28.0. The molecule has 1 unspecified atom stereocenters. The van der Waals surface area contributed by atoms with E-state index in [0.29, 0.717) is 45.4 Å². The number of halogens is 1. The molecule has 7 nitrogen and oxygen atoms in total. The summed E-state index contributed by atoms with van der Waals surface area (Å²) in [7, 11) is 0. The van der Waals surface area contributed by atoms with Gasteiger partial charge in [-0.3, -0.25) is 19.0 Å². The molecule has 1 aliphatic carbocycles. The van der Waals surface area contributed by atoms with Gasteiger partial charge in [0.15, 0.2) is 0 Å². The third kappa shape index (κ3) is 5.57. The summed E-state index contributed by atoms with van der Waals surface area (Å²) in [6, 6.07) is 0. The highest BCUT2D eigenvalue weighted by Gasteiger charge is 2.58. The number of hydrogen-bond donors (Lipinski definition) is 0. The van der Waals surface area contributed by atoms with E-state index in [1.165, 1.54) is 0 Å². The first-order valence-corrected chi connectivity index (χ1v) is 11.8. The number of ether oxygens (including phenoxy) is 3. The van der Waals surface area contributed by atoms with E-state index in [4.69, 9.17) is 14.2 Å². The lowest BCUT2D eigenvalue weighted by Gasteiger charge is -2.54. The molecular formula is C23H39FN2O5. The van der Waals surface area contributed by atoms with Gasteiger partial charge in [-0.15, -0.1) is 0 Å². The summed E-state index contributed by atoms with van der Waals surface area (Å²) in [4.78, 5) is 29.8. The number of hydrogen-bond acceptors (Lipinski definition) is 7. The predicted octanol–water partition coefficient (Wildman–Crippen LogP) is 3.12. The Bertz CT molecular complexity index is 620. The average molecular weight is 443 g/mol. The van der Waals surface area contributed by atoms with E-state index in [-0.39, 0.29) is 23.9 Å². The Morgan fingerprint density at radius 2 is 1.61 bits per heavy atom. The molecule has 2 heterocycles. The summed E-state index contributed by atoms with van der Waals surface area (Å²) < 4.78 is 30.9. The van der Waals surface area contributed by atoms with Gasteiger partial charge in [0.25, 0.3) is 5.85 Å². The largest absolute Gasteiger partial charge is 0.466 e. The predicted molar refractivity (Wildman–Crippen MR) is 114 cm³/mol. The van der Waals surface area contributed by atoms with Crippen LogP contribution in [0.2, 0.25) is 0 Å². The number of esters is 2. The highest BCUT2D eigenvalue weighted by Crippen LogP contribution is 2.39. The molecule has 0 amide bonds. The van der Waals surface area contributed by atoms with Crippen LogP contribution >= 0.6 is 0 Å². The lowest BCUT2D eigenvalue weighted by molar-refractivity contribution is -0.294. The SMILES string of the molecule is CCOC(=O)[C@H]1CC[C@H](OC(C(=O)OC(C)(C)C)(N2CCCC2)N2CC(CF)C2)CC1. The van der Waals surface area contributed by atoms with Gasteiger partial charge < -0.3 is 14.2 Å². The Balaban J connectivity index is 1.79. The zero-order valence-corrected chi connectivity index (χ0v) is 19.5. The Labute approximate surface area is 185 Å². The lowest BCUT2D eigenvalue weighted by atomic mass is 9.87. The quantitative estimate of drug-likeness (QED) is 0.535. The minimum absolute atomic E-state index is 0.0763. The number of likely N-dealkylation sites (tertiary alicyclic amines) is 2. The molecule has 0 radical (unpaired) electrons. The fourth-order valence-electron chi connectivity index (χ4n) is 4.84. The zero-order valence-electron chi connectivity index (χ0n) is 19.5. The average Bonchev–Trinajstić information content (AvgIpc) is 3.20. The minimum atomic E-state index is -1.32. The van der Waals surface area contributed by atoms with E-state index in [1.54, 1.807) is 0 Å². The molecule has 8 heteroatoms. The van der Waals surface area contributed by atoms with Gasteiger partial charge in [0.05, 0.1) is 25.3 Å². The van der Waals surface area contributed by atoms with Crippen molar-refractivity contribution in [1.82, 2.24) is 9.80 Å². The van der Waals surface area contributed by atoms with Crippen LogP contribution in [-0.4, -0.2) is 78.8 Å². The van der Waals surface area contributed by atoms with Crippen molar-refractivity contribution in [2.45, 2.75) is 83.8 Å². The molecule has 2 aliphatic heterocycles. The lowest BCUT2D eigenvalue weighted by Crippen LogP contribution is -2.73. The van der Waals surface area contributed by atoms with E-state index < -0.39 is 24.1 Å². The smallest absolute Gasteiger partial charge is 0.371 e. The van der Waals surface area contributed by atoms with Crippen molar-refractivity contribution in [3.05, 3.63) is 0 Å². The first-order chi connectivity index (χ1) is 14.7. The molecule has 0 aromatic rings. The van der Waals surface area contributed by atoms with Crippen molar-refractivity contribution in [3.8, 4) is 0 Å². The minimum Gasteiger partial charge on any atom is -0.466 e. The van der Waals surface area contributed by atoms with Crippen LogP contribution in [0.15, 0.2) is 0 Å². The number of alkyl halides is 1. The van der Waals surface area contributed by atoms with E-state index in [0.717, 1.165) is 25.9 Å². The molecule has 0 spiro atoms. The second kappa shape index (κ2) is 10.1. The van der Waals surface area contributed by atoms with E-state index in [2.05, 4.69) is 4.90 Å². The summed E-state index contributed by atoms with van der Waals surface area (Å²) in [5.41, 5.74) is -0.655. The van der Waals surface area contributed by atoms with E-state index in [9.17, 15) is 14.0 Å². The fourth-order valence-corrected chi connectivity index (χ4v) is 4.84. The number of nitrogens with zero attached hydrogens (tertiary/aromatic N) is 2. The molecule has 0 N–H and O–H groups in total. The van der Waals surface area contributed by atoms with Crippen LogP contribution in [0.5, 0.6) is 0 Å². The van der Waals surface area contributed by atoms with Crippen LogP contribution in [0.4, 0.5) is 4.39 Å². The first kappa shape index (κ1) is 24.4. The molecule has 0 aromatic carbocycles. The monoisotopic (exact) mass is 442 g/mol. The Morgan fingerprint density at radius 1 is 1.00 bits per heavy atom. The summed E-state index contributed by atoms with van der Waals surface area (Å²) in [6.07, 6.45) is 4.54. The van der Waals surface area contributed by atoms with Gasteiger partial charge in [0.2, 0.25) is 0 Å². The van der Waals surface area contributed by atoms with Crippen LogP contribution in [0.1, 0.15) is 66.2 Å². The maximum atomic E-state index is 13.6. The fraction of sp³-hybridized carbons (Fsp3) is 0.913. The van der Waals surface area contributed by atoms with Gasteiger partial charge in [0.1, 0.15) is 5.60 Å². The molecule has 2 saturated heterocycles. The van der Waals surface area contributed by atoms with Crippen LogP contribution in [-0.2, 0) is 23.8 Å². The molecule has 31 heavy (non-hydrogen) atoms. The van der Waals surface area contributed by atoms with Gasteiger partial charge in [0, 0.05) is 32.1 Å². The van der Waals surface area contributed by atoms with Crippen molar-refractivity contribution < 1.29 is 28.2 Å². The van der Waals surface area contributed by atoms with Crippen LogP contribution in [0.25, 0.3) is 0 Å². The van der Waals surface area contributed by atoms with Crippen molar-refractivity contribution in [2.24, 2.45) is 11.8 Å². The maximum Gasteiger partial charge on any atom is 0.371 e.